The molecule has 0 saturated heterocycles. The molecule has 0 radical (unpaired) electrons. The van der Waals surface area contributed by atoms with E-state index in [9.17, 15) is 14.4 Å². The van der Waals surface area contributed by atoms with Crippen LogP contribution in [0.1, 0.15) is 51.2 Å². The van der Waals surface area contributed by atoms with Gasteiger partial charge >= 0.3 is 0 Å². The number of thiophene rings is 3. The number of carbonyl (C=O) groups excluding carboxylic acids is 3. The van der Waals surface area contributed by atoms with Crippen LogP contribution in [0.3, 0.4) is 0 Å². The highest BCUT2D eigenvalue weighted by Gasteiger charge is 2.34. The van der Waals surface area contributed by atoms with E-state index < -0.39 is 6.04 Å². The average Bonchev–Trinajstić information content (AvgIpc) is 3.59. The van der Waals surface area contributed by atoms with E-state index in [0.29, 0.717) is 11.4 Å². The first kappa shape index (κ1) is 22.7. The van der Waals surface area contributed by atoms with E-state index >= 15 is 0 Å². The van der Waals surface area contributed by atoms with Crippen molar-refractivity contribution in [1.82, 2.24) is 15.5 Å². The third kappa shape index (κ3) is 5.65. The minimum Gasteiger partial charge on any atom is -0.351 e. The molecule has 168 valence electrons. The fourth-order valence-corrected chi connectivity index (χ4v) is 6.05. The van der Waals surface area contributed by atoms with Gasteiger partial charge in [-0.2, -0.15) is 0 Å². The Hall–Kier alpha value is -2.49. The highest BCUT2D eigenvalue weighted by atomic mass is 32.1. The number of amides is 3. The van der Waals surface area contributed by atoms with E-state index in [1.807, 2.05) is 40.4 Å². The second-order valence-electron chi connectivity index (χ2n) is 7.67. The molecule has 9 heteroatoms. The lowest BCUT2D eigenvalue weighted by atomic mass is 10.1. The second-order valence-corrected chi connectivity index (χ2v) is 10.6. The van der Waals surface area contributed by atoms with Gasteiger partial charge in [0.15, 0.2) is 0 Å². The van der Waals surface area contributed by atoms with Crippen molar-refractivity contribution < 1.29 is 14.4 Å². The van der Waals surface area contributed by atoms with Crippen molar-refractivity contribution in [2.45, 2.75) is 44.3 Å². The van der Waals surface area contributed by atoms with E-state index in [2.05, 4.69) is 10.6 Å². The van der Waals surface area contributed by atoms with Gasteiger partial charge in [-0.1, -0.05) is 31.0 Å². The number of nitrogens with zero attached hydrogens (tertiary/aromatic N) is 1. The largest absolute Gasteiger partial charge is 0.351 e. The van der Waals surface area contributed by atoms with Crippen LogP contribution >= 0.6 is 34.0 Å². The Balaban J connectivity index is 1.55. The topological polar surface area (TPSA) is 78.5 Å². The van der Waals surface area contributed by atoms with Crippen LogP contribution in [0.15, 0.2) is 52.5 Å². The summed E-state index contributed by atoms with van der Waals surface area (Å²) in [6, 6.07) is 10.6. The van der Waals surface area contributed by atoms with Crippen molar-refractivity contribution in [3.8, 4) is 0 Å². The Morgan fingerprint density at radius 2 is 1.69 bits per heavy atom. The zero-order chi connectivity index (χ0) is 22.3. The zero-order valence-electron chi connectivity index (χ0n) is 17.5. The second kappa shape index (κ2) is 10.9. The van der Waals surface area contributed by atoms with E-state index in [1.165, 1.54) is 22.7 Å². The van der Waals surface area contributed by atoms with Crippen LogP contribution in [0.2, 0.25) is 0 Å². The van der Waals surface area contributed by atoms with Crippen molar-refractivity contribution in [3.63, 3.8) is 0 Å². The van der Waals surface area contributed by atoms with Gasteiger partial charge in [0.05, 0.1) is 18.0 Å². The smallest absolute Gasteiger partial charge is 0.261 e. The molecule has 3 aromatic rings. The summed E-state index contributed by atoms with van der Waals surface area (Å²) in [5.41, 5.74) is 0. The Morgan fingerprint density at radius 3 is 2.34 bits per heavy atom. The average molecular weight is 488 g/mol. The molecule has 32 heavy (non-hydrogen) atoms. The molecule has 1 aliphatic carbocycles. The Kier molecular flexibility index (Phi) is 7.72. The number of hydrogen-bond donors (Lipinski definition) is 2. The summed E-state index contributed by atoms with van der Waals surface area (Å²) in [5.74, 6) is -0.732. The first-order valence-corrected chi connectivity index (χ1v) is 13.2. The molecule has 0 unspecified atom stereocenters. The van der Waals surface area contributed by atoms with Gasteiger partial charge in [-0.05, 0) is 47.2 Å². The van der Waals surface area contributed by atoms with Gasteiger partial charge in [-0.3, -0.25) is 14.4 Å². The molecule has 3 amide bonds. The van der Waals surface area contributed by atoms with Crippen LogP contribution in [-0.2, 0) is 16.1 Å². The predicted octanol–water partition coefficient (Wildman–Crippen LogP) is 4.43. The number of rotatable bonds is 9. The summed E-state index contributed by atoms with van der Waals surface area (Å²) in [6.07, 6.45) is 4.17. The molecule has 0 aromatic carbocycles. The lowest BCUT2D eigenvalue weighted by Crippen LogP contribution is -2.48. The van der Waals surface area contributed by atoms with Gasteiger partial charge in [-0.25, -0.2) is 0 Å². The van der Waals surface area contributed by atoms with E-state index in [0.717, 1.165) is 35.4 Å². The molecule has 4 rings (SSSR count). The highest BCUT2D eigenvalue weighted by Crippen LogP contribution is 2.29. The van der Waals surface area contributed by atoms with Crippen molar-refractivity contribution in [2.75, 3.05) is 6.54 Å². The molecule has 2 N–H and O–H groups in total. The van der Waals surface area contributed by atoms with Crippen LogP contribution in [0.25, 0.3) is 0 Å². The van der Waals surface area contributed by atoms with Crippen LogP contribution in [-0.4, -0.2) is 35.2 Å². The fourth-order valence-electron chi connectivity index (χ4n) is 3.87. The highest BCUT2D eigenvalue weighted by molar-refractivity contribution is 7.12. The van der Waals surface area contributed by atoms with Gasteiger partial charge in [0.2, 0.25) is 11.8 Å². The maximum absolute atomic E-state index is 13.4. The van der Waals surface area contributed by atoms with Gasteiger partial charge < -0.3 is 15.5 Å². The maximum atomic E-state index is 13.4. The molecule has 0 bridgehead atoms. The molecule has 1 atom stereocenters. The Labute approximate surface area is 199 Å². The predicted molar refractivity (Wildman–Crippen MR) is 129 cm³/mol. The monoisotopic (exact) mass is 487 g/mol. The number of carbonyl (C=O) groups is 3. The minimum absolute atomic E-state index is 0.155. The molecule has 6 nitrogen and oxygen atoms in total. The van der Waals surface area contributed by atoms with E-state index in [1.54, 1.807) is 28.4 Å². The van der Waals surface area contributed by atoms with Crippen LogP contribution in [0, 0.1) is 0 Å². The molecule has 1 fully saturated rings. The summed E-state index contributed by atoms with van der Waals surface area (Å²) in [6.45, 7) is 0.146. The number of hydrogen-bond acceptors (Lipinski definition) is 6. The Bertz CT molecular complexity index is 1010. The Morgan fingerprint density at radius 1 is 0.969 bits per heavy atom. The number of nitrogens with one attached hydrogen (secondary N) is 2. The normalized spacial score (nSPS) is 14.8. The summed E-state index contributed by atoms with van der Waals surface area (Å²) >= 11 is 4.33. The minimum atomic E-state index is -0.733. The molecule has 1 saturated carbocycles. The first-order chi connectivity index (χ1) is 15.6. The van der Waals surface area contributed by atoms with Crippen LogP contribution in [0.4, 0.5) is 0 Å². The van der Waals surface area contributed by atoms with Crippen molar-refractivity contribution in [2.24, 2.45) is 0 Å². The van der Waals surface area contributed by atoms with Gasteiger partial charge in [-0.15, -0.1) is 34.0 Å². The summed E-state index contributed by atoms with van der Waals surface area (Å²) in [5, 5.41) is 11.6. The molecular formula is C23H25N3O3S3. The van der Waals surface area contributed by atoms with E-state index in [4.69, 9.17) is 0 Å². The summed E-state index contributed by atoms with van der Waals surface area (Å²) < 4.78 is 0. The summed E-state index contributed by atoms with van der Waals surface area (Å²) in [7, 11) is 0. The molecule has 0 spiro atoms. The molecule has 3 heterocycles. The third-order valence-electron chi connectivity index (χ3n) is 5.45. The molecule has 3 aromatic heterocycles. The fraction of sp³-hybridized carbons (Fsp3) is 0.348. The van der Waals surface area contributed by atoms with Crippen molar-refractivity contribution >= 4 is 51.7 Å². The quantitative estimate of drug-likeness (QED) is 0.469. The van der Waals surface area contributed by atoms with Gasteiger partial charge in [0.1, 0.15) is 6.04 Å². The van der Waals surface area contributed by atoms with Crippen LogP contribution in [0.5, 0.6) is 0 Å². The SMILES string of the molecule is O=C(NCC(=O)N(Cc1cccs1)[C@@H](C(=O)NC1CCCC1)c1cccs1)c1cccs1. The standard InChI is InChI=1S/C23H25N3O3S3/c27-20(14-24-22(28)19-10-5-13-32-19)26(15-17-8-3-11-30-17)21(18-9-4-12-31-18)23(29)25-16-6-1-2-7-16/h3-5,8-13,16,21H,1-2,6-7,14-15H2,(H,24,28)(H,25,29)/t21-/m1/s1. The van der Waals surface area contributed by atoms with Crippen molar-refractivity contribution in [3.05, 3.63) is 67.2 Å². The molecule has 0 aliphatic heterocycles. The van der Waals surface area contributed by atoms with Gasteiger partial charge in [0, 0.05) is 15.8 Å². The van der Waals surface area contributed by atoms with Crippen molar-refractivity contribution in [1.29, 1.82) is 0 Å². The molecule has 1 aliphatic rings. The van der Waals surface area contributed by atoms with Crippen LogP contribution < -0.4 is 10.6 Å². The van der Waals surface area contributed by atoms with E-state index in [-0.39, 0.29) is 30.3 Å². The lowest BCUT2D eigenvalue weighted by Gasteiger charge is -2.31. The summed E-state index contributed by atoms with van der Waals surface area (Å²) in [4.78, 5) is 43.1. The maximum Gasteiger partial charge on any atom is 0.261 e. The lowest BCUT2D eigenvalue weighted by molar-refractivity contribution is -0.141. The zero-order valence-corrected chi connectivity index (χ0v) is 19.9. The third-order valence-corrected chi connectivity index (χ3v) is 8.10. The van der Waals surface area contributed by atoms with Gasteiger partial charge in [0.25, 0.3) is 5.91 Å². The first-order valence-electron chi connectivity index (χ1n) is 10.6. The molecular weight excluding hydrogens is 462 g/mol.